The summed E-state index contributed by atoms with van der Waals surface area (Å²) >= 11 is 5.84. The summed E-state index contributed by atoms with van der Waals surface area (Å²) in [6.07, 6.45) is 1.13. The van der Waals surface area contributed by atoms with Gasteiger partial charge in [-0.05, 0) is 69.1 Å². The van der Waals surface area contributed by atoms with Gasteiger partial charge in [-0.15, -0.1) is 0 Å². The fourth-order valence-electron chi connectivity index (χ4n) is 1.31. The summed E-state index contributed by atoms with van der Waals surface area (Å²) in [5.74, 6) is 0.716. The lowest BCUT2D eigenvalue weighted by molar-refractivity contribution is 0.132. The van der Waals surface area contributed by atoms with Crippen LogP contribution < -0.4 is 5.32 Å². The number of anilines is 1. The van der Waals surface area contributed by atoms with E-state index in [1.807, 2.05) is 0 Å². The topological polar surface area (TPSA) is 21.3 Å². The Hall–Kier alpha value is 0.190. The molecule has 0 heterocycles. The monoisotopic (exact) mass is 411 g/mol. The zero-order valence-electron chi connectivity index (χ0n) is 10.3. The van der Waals surface area contributed by atoms with E-state index in [-0.39, 0.29) is 0 Å². The van der Waals surface area contributed by atoms with Crippen LogP contribution in [0.5, 0.6) is 0 Å². The van der Waals surface area contributed by atoms with Crippen molar-refractivity contribution in [2.24, 2.45) is 5.92 Å². The van der Waals surface area contributed by atoms with E-state index in [1.165, 1.54) is 3.57 Å². The first-order chi connectivity index (χ1) is 8.09. The maximum atomic E-state index is 5.56. The molecule has 0 saturated carbocycles. The van der Waals surface area contributed by atoms with Crippen LogP contribution in [0.25, 0.3) is 0 Å². The Bertz CT molecular complexity index is 344. The molecule has 96 valence electrons. The first-order valence-electron chi connectivity index (χ1n) is 5.86. The maximum Gasteiger partial charge on any atom is 0.0639 e. The van der Waals surface area contributed by atoms with Gasteiger partial charge in [-0.2, -0.15) is 0 Å². The fourth-order valence-corrected chi connectivity index (χ4v) is 2.19. The second kappa shape index (κ2) is 8.32. The van der Waals surface area contributed by atoms with Crippen molar-refractivity contribution in [2.45, 2.75) is 20.3 Å². The standard InChI is InChI=1S/C13H19BrINO/c1-10(2)5-7-17-8-6-16-13-9-11(15)3-4-12(13)14/h3-4,9-10,16H,5-8H2,1-2H3. The fraction of sp³-hybridized carbons (Fsp3) is 0.538. The van der Waals surface area contributed by atoms with Crippen molar-refractivity contribution in [3.05, 3.63) is 26.2 Å². The summed E-state index contributed by atoms with van der Waals surface area (Å²) in [5, 5.41) is 3.37. The van der Waals surface area contributed by atoms with Gasteiger partial charge in [-0.3, -0.25) is 0 Å². The summed E-state index contributed by atoms with van der Waals surface area (Å²) < 4.78 is 7.88. The highest BCUT2D eigenvalue weighted by Crippen LogP contribution is 2.24. The van der Waals surface area contributed by atoms with Crippen molar-refractivity contribution in [2.75, 3.05) is 25.1 Å². The molecule has 2 nitrogen and oxygen atoms in total. The van der Waals surface area contributed by atoms with Gasteiger partial charge in [0.25, 0.3) is 0 Å². The molecule has 0 aliphatic heterocycles. The molecule has 1 aromatic rings. The molecule has 0 bridgehead atoms. The second-order valence-corrected chi connectivity index (χ2v) is 6.45. The summed E-state index contributed by atoms with van der Waals surface area (Å²) in [4.78, 5) is 0. The average molecular weight is 412 g/mol. The van der Waals surface area contributed by atoms with Crippen molar-refractivity contribution < 1.29 is 4.74 Å². The number of benzene rings is 1. The van der Waals surface area contributed by atoms with E-state index in [1.54, 1.807) is 0 Å². The highest BCUT2D eigenvalue weighted by atomic mass is 127. The largest absolute Gasteiger partial charge is 0.382 e. The van der Waals surface area contributed by atoms with Crippen LogP contribution in [0.2, 0.25) is 0 Å². The summed E-state index contributed by atoms with van der Waals surface area (Å²) in [6.45, 7) is 6.88. The molecule has 17 heavy (non-hydrogen) atoms. The molecule has 0 unspecified atom stereocenters. The molecule has 0 atom stereocenters. The van der Waals surface area contributed by atoms with Gasteiger partial charge in [0.1, 0.15) is 0 Å². The Kier molecular flexibility index (Phi) is 7.46. The van der Waals surface area contributed by atoms with Crippen LogP contribution in [-0.2, 0) is 4.74 Å². The predicted octanol–water partition coefficient (Wildman–Crippen LogP) is 4.53. The molecule has 1 rings (SSSR count). The third-order valence-electron chi connectivity index (χ3n) is 2.33. The number of nitrogens with one attached hydrogen (secondary N) is 1. The Labute approximate surface area is 126 Å². The smallest absolute Gasteiger partial charge is 0.0639 e. The number of rotatable bonds is 7. The molecule has 0 aliphatic rings. The van der Waals surface area contributed by atoms with E-state index < -0.39 is 0 Å². The average Bonchev–Trinajstić information content (AvgIpc) is 2.27. The molecular weight excluding hydrogens is 393 g/mol. The van der Waals surface area contributed by atoms with Crippen molar-refractivity contribution in [3.63, 3.8) is 0 Å². The van der Waals surface area contributed by atoms with Gasteiger partial charge in [-0.1, -0.05) is 13.8 Å². The summed E-state index contributed by atoms with van der Waals surface area (Å²) in [5.41, 5.74) is 1.13. The van der Waals surface area contributed by atoms with Gasteiger partial charge in [-0.25, -0.2) is 0 Å². The third-order valence-corrected chi connectivity index (χ3v) is 3.69. The lowest BCUT2D eigenvalue weighted by atomic mass is 10.1. The minimum atomic E-state index is 0.716. The van der Waals surface area contributed by atoms with Gasteiger partial charge >= 0.3 is 0 Å². The van der Waals surface area contributed by atoms with E-state index in [0.29, 0.717) is 5.92 Å². The minimum Gasteiger partial charge on any atom is -0.382 e. The zero-order valence-corrected chi connectivity index (χ0v) is 14.0. The van der Waals surface area contributed by atoms with Gasteiger partial charge in [0, 0.05) is 26.9 Å². The van der Waals surface area contributed by atoms with E-state index in [2.05, 4.69) is 75.9 Å². The van der Waals surface area contributed by atoms with Crippen LogP contribution in [-0.4, -0.2) is 19.8 Å². The van der Waals surface area contributed by atoms with Crippen molar-refractivity contribution >= 4 is 44.2 Å². The van der Waals surface area contributed by atoms with Gasteiger partial charge in [0.15, 0.2) is 0 Å². The highest BCUT2D eigenvalue weighted by molar-refractivity contribution is 14.1. The molecule has 0 spiro atoms. The van der Waals surface area contributed by atoms with Crippen LogP contribution in [0.3, 0.4) is 0 Å². The van der Waals surface area contributed by atoms with Crippen LogP contribution >= 0.6 is 38.5 Å². The van der Waals surface area contributed by atoms with Crippen LogP contribution in [0, 0.1) is 9.49 Å². The van der Waals surface area contributed by atoms with Crippen LogP contribution in [0.15, 0.2) is 22.7 Å². The van der Waals surface area contributed by atoms with E-state index in [0.717, 1.165) is 36.3 Å². The molecule has 0 aromatic heterocycles. The Morgan fingerprint density at radius 3 is 2.82 bits per heavy atom. The molecule has 1 aromatic carbocycles. The SMILES string of the molecule is CC(C)CCOCCNc1cc(I)ccc1Br. The van der Waals surface area contributed by atoms with Gasteiger partial charge < -0.3 is 10.1 Å². The molecule has 0 aliphatic carbocycles. The highest BCUT2D eigenvalue weighted by Gasteiger charge is 1.99. The second-order valence-electron chi connectivity index (χ2n) is 4.35. The molecule has 1 N–H and O–H groups in total. The normalized spacial score (nSPS) is 10.9. The number of halogens is 2. The molecule has 4 heteroatoms. The van der Waals surface area contributed by atoms with Gasteiger partial charge in [0.05, 0.1) is 6.61 Å². The first kappa shape index (κ1) is 15.2. The molecule has 0 radical (unpaired) electrons. The molecule has 0 fully saturated rings. The van der Waals surface area contributed by atoms with Crippen molar-refractivity contribution in [1.82, 2.24) is 0 Å². The molecular formula is C13H19BrINO. The first-order valence-corrected chi connectivity index (χ1v) is 7.73. The maximum absolute atomic E-state index is 5.56. The summed E-state index contributed by atoms with van der Waals surface area (Å²) in [6, 6.07) is 6.26. The Balaban J connectivity index is 2.20. The van der Waals surface area contributed by atoms with Crippen molar-refractivity contribution in [1.29, 1.82) is 0 Å². The summed E-state index contributed by atoms with van der Waals surface area (Å²) in [7, 11) is 0. The van der Waals surface area contributed by atoms with E-state index in [9.17, 15) is 0 Å². The minimum absolute atomic E-state index is 0.716. The third kappa shape index (κ3) is 6.62. The van der Waals surface area contributed by atoms with E-state index >= 15 is 0 Å². The number of hydrogen-bond donors (Lipinski definition) is 1. The van der Waals surface area contributed by atoms with Crippen molar-refractivity contribution in [3.8, 4) is 0 Å². The Morgan fingerprint density at radius 1 is 1.35 bits per heavy atom. The lowest BCUT2D eigenvalue weighted by Gasteiger charge is -2.10. The van der Waals surface area contributed by atoms with Crippen LogP contribution in [0.1, 0.15) is 20.3 Å². The van der Waals surface area contributed by atoms with Gasteiger partial charge in [0.2, 0.25) is 0 Å². The lowest BCUT2D eigenvalue weighted by Crippen LogP contribution is -2.11. The molecule has 0 saturated heterocycles. The van der Waals surface area contributed by atoms with Crippen LogP contribution in [0.4, 0.5) is 5.69 Å². The number of ether oxygens (including phenoxy) is 1. The zero-order chi connectivity index (χ0) is 12.7. The predicted molar refractivity (Wildman–Crippen MR) is 85.6 cm³/mol. The van der Waals surface area contributed by atoms with E-state index in [4.69, 9.17) is 4.74 Å². The Morgan fingerprint density at radius 2 is 2.12 bits per heavy atom. The number of hydrogen-bond acceptors (Lipinski definition) is 2. The molecule has 0 amide bonds. The quantitative estimate of drug-likeness (QED) is 0.525.